The molecule has 2 rings (SSSR count). The number of amides is 1. The summed E-state index contributed by atoms with van der Waals surface area (Å²) in [4.78, 5) is 22.4. The van der Waals surface area contributed by atoms with Crippen molar-refractivity contribution in [2.45, 2.75) is 19.1 Å². The standard InChI is InChI=1S/C10H8F3N3O3/c11-10(12,13)9(19)16-2-1-6-5(4-16)3-7(8(17)18)15-14-6/h3H,1-2,4H2,(H,17,18). The quantitative estimate of drug-likeness (QED) is 0.812. The Morgan fingerprint density at radius 3 is 2.58 bits per heavy atom. The lowest BCUT2D eigenvalue weighted by atomic mass is 10.1. The van der Waals surface area contributed by atoms with E-state index in [1.54, 1.807) is 0 Å². The zero-order valence-electron chi connectivity index (χ0n) is 9.44. The van der Waals surface area contributed by atoms with E-state index >= 15 is 0 Å². The Morgan fingerprint density at radius 1 is 1.32 bits per heavy atom. The van der Waals surface area contributed by atoms with Gasteiger partial charge in [0.05, 0.1) is 5.69 Å². The first kappa shape index (κ1) is 13.2. The van der Waals surface area contributed by atoms with Gasteiger partial charge in [-0.3, -0.25) is 4.79 Å². The molecule has 1 N–H and O–H groups in total. The lowest BCUT2D eigenvalue weighted by Gasteiger charge is -2.28. The van der Waals surface area contributed by atoms with E-state index < -0.39 is 18.1 Å². The van der Waals surface area contributed by atoms with Crippen LogP contribution in [-0.2, 0) is 17.8 Å². The monoisotopic (exact) mass is 275 g/mol. The summed E-state index contributed by atoms with van der Waals surface area (Å²) >= 11 is 0. The van der Waals surface area contributed by atoms with E-state index in [-0.39, 0.29) is 30.8 Å². The molecule has 0 aliphatic carbocycles. The van der Waals surface area contributed by atoms with Crippen molar-refractivity contribution in [2.75, 3.05) is 6.54 Å². The molecule has 1 aromatic heterocycles. The molecule has 0 bridgehead atoms. The number of halogens is 3. The fraction of sp³-hybridized carbons (Fsp3) is 0.400. The summed E-state index contributed by atoms with van der Waals surface area (Å²) < 4.78 is 36.9. The van der Waals surface area contributed by atoms with Gasteiger partial charge in [-0.2, -0.15) is 18.3 Å². The Bertz CT molecular complexity index is 545. The van der Waals surface area contributed by atoms with Crippen molar-refractivity contribution < 1.29 is 27.9 Å². The number of nitrogens with zero attached hydrogens (tertiary/aromatic N) is 3. The first-order chi connectivity index (χ1) is 8.79. The third-order valence-electron chi connectivity index (χ3n) is 2.69. The van der Waals surface area contributed by atoms with Crippen LogP contribution in [0.15, 0.2) is 6.07 Å². The predicted octanol–water partition coefficient (Wildman–Crippen LogP) is 0.622. The molecule has 0 saturated heterocycles. The number of aromatic nitrogens is 2. The van der Waals surface area contributed by atoms with Crippen LogP contribution >= 0.6 is 0 Å². The SMILES string of the molecule is O=C(O)c1cc2c(nn1)CCN(C(=O)C(F)(F)F)C2. The topological polar surface area (TPSA) is 83.4 Å². The summed E-state index contributed by atoms with van der Waals surface area (Å²) in [6.07, 6.45) is -4.82. The van der Waals surface area contributed by atoms with Crippen molar-refractivity contribution in [3.63, 3.8) is 0 Å². The van der Waals surface area contributed by atoms with Gasteiger partial charge in [0.25, 0.3) is 0 Å². The summed E-state index contributed by atoms with van der Waals surface area (Å²) in [5.74, 6) is -3.26. The minimum absolute atomic E-state index is 0.115. The molecule has 0 saturated carbocycles. The van der Waals surface area contributed by atoms with Crippen molar-refractivity contribution >= 4 is 11.9 Å². The zero-order valence-corrected chi connectivity index (χ0v) is 9.44. The number of hydrogen-bond acceptors (Lipinski definition) is 4. The van der Waals surface area contributed by atoms with Crippen molar-refractivity contribution in [3.05, 3.63) is 23.0 Å². The number of carbonyl (C=O) groups excluding carboxylic acids is 1. The molecule has 2 heterocycles. The number of carboxylic acid groups (broad SMARTS) is 1. The molecule has 0 radical (unpaired) electrons. The molecule has 1 aliphatic heterocycles. The van der Waals surface area contributed by atoms with E-state index in [9.17, 15) is 22.8 Å². The zero-order chi connectivity index (χ0) is 14.2. The number of rotatable bonds is 1. The molecule has 0 atom stereocenters. The molecule has 6 nitrogen and oxygen atoms in total. The van der Waals surface area contributed by atoms with E-state index in [2.05, 4.69) is 10.2 Å². The third-order valence-corrected chi connectivity index (χ3v) is 2.69. The van der Waals surface area contributed by atoms with Gasteiger partial charge in [0, 0.05) is 19.5 Å². The molecular weight excluding hydrogens is 267 g/mol. The molecule has 19 heavy (non-hydrogen) atoms. The number of carboxylic acids is 1. The smallest absolute Gasteiger partial charge is 0.471 e. The van der Waals surface area contributed by atoms with Gasteiger partial charge in [-0.05, 0) is 11.6 Å². The number of fused-ring (bicyclic) bond motifs is 1. The molecule has 9 heteroatoms. The second kappa shape index (κ2) is 4.48. The Hall–Kier alpha value is -2.19. The van der Waals surface area contributed by atoms with Gasteiger partial charge in [-0.1, -0.05) is 0 Å². The maximum Gasteiger partial charge on any atom is 0.471 e. The summed E-state index contributed by atoms with van der Waals surface area (Å²) in [6, 6.07) is 1.14. The third kappa shape index (κ3) is 2.64. The first-order valence-corrected chi connectivity index (χ1v) is 5.24. The summed E-state index contributed by atoms with van der Waals surface area (Å²) in [7, 11) is 0. The maximum atomic E-state index is 12.3. The van der Waals surface area contributed by atoms with Crippen LogP contribution in [0.2, 0.25) is 0 Å². The molecule has 1 aromatic rings. The van der Waals surface area contributed by atoms with E-state index in [1.165, 1.54) is 0 Å². The summed E-state index contributed by atoms with van der Waals surface area (Å²) in [6.45, 7) is -0.435. The summed E-state index contributed by atoms with van der Waals surface area (Å²) in [5.41, 5.74) is 0.326. The number of aromatic carboxylic acids is 1. The fourth-order valence-corrected chi connectivity index (χ4v) is 1.79. The van der Waals surface area contributed by atoms with Gasteiger partial charge in [0.1, 0.15) is 0 Å². The van der Waals surface area contributed by atoms with Crippen molar-refractivity contribution in [1.29, 1.82) is 0 Å². The van der Waals surface area contributed by atoms with Gasteiger partial charge >= 0.3 is 18.1 Å². The van der Waals surface area contributed by atoms with Gasteiger partial charge in [-0.25, -0.2) is 4.79 Å². The molecular formula is C10H8F3N3O3. The highest BCUT2D eigenvalue weighted by Gasteiger charge is 2.43. The number of alkyl halides is 3. The lowest BCUT2D eigenvalue weighted by molar-refractivity contribution is -0.186. The molecule has 1 amide bonds. The van der Waals surface area contributed by atoms with Crippen LogP contribution in [0.25, 0.3) is 0 Å². The Kier molecular flexibility index (Phi) is 3.13. The van der Waals surface area contributed by atoms with Crippen LogP contribution in [0, 0.1) is 0 Å². The molecule has 0 unspecified atom stereocenters. The second-order valence-corrected chi connectivity index (χ2v) is 3.98. The molecule has 1 aliphatic rings. The fourth-order valence-electron chi connectivity index (χ4n) is 1.79. The second-order valence-electron chi connectivity index (χ2n) is 3.98. The van der Waals surface area contributed by atoms with Gasteiger partial charge < -0.3 is 10.0 Å². The van der Waals surface area contributed by atoms with Crippen molar-refractivity contribution in [3.8, 4) is 0 Å². The highest BCUT2D eigenvalue weighted by Crippen LogP contribution is 2.23. The van der Waals surface area contributed by atoms with Crippen LogP contribution in [0.1, 0.15) is 21.7 Å². The van der Waals surface area contributed by atoms with E-state index in [0.717, 1.165) is 6.07 Å². The molecule has 0 spiro atoms. The highest BCUT2D eigenvalue weighted by molar-refractivity contribution is 5.85. The van der Waals surface area contributed by atoms with Crippen LogP contribution in [-0.4, -0.2) is 44.8 Å². The van der Waals surface area contributed by atoms with Crippen molar-refractivity contribution in [1.82, 2.24) is 15.1 Å². The van der Waals surface area contributed by atoms with Crippen LogP contribution in [0.3, 0.4) is 0 Å². The average Bonchev–Trinajstić information content (AvgIpc) is 2.35. The largest absolute Gasteiger partial charge is 0.476 e. The Morgan fingerprint density at radius 2 is 2.00 bits per heavy atom. The lowest BCUT2D eigenvalue weighted by Crippen LogP contribution is -2.44. The minimum Gasteiger partial charge on any atom is -0.476 e. The molecule has 102 valence electrons. The summed E-state index contributed by atoms with van der Waals surface area (Å²) in [5, 5.41) is 15.8. The van der Waals surface area contributed by atoms with E-state index in [0.29, 0.717) is 10.6 Å². The van der Waals surface area contributed by atoms with Crippen LogP contribution < -0.4 is 0 Å². The molecule has 0 fully saturated rings. The number of hydrogen-bond donors (Lipinski definition) is 1. The first-order valence-electron chi connectivity index (χ1n) is 5.24. The van der Waals surface area contributed by atoms with Gasteiger partial charge in [0.2, 0.25) is 0 Å². The van der Waals surface area contributed by atoms with Crippen LogP contribution in [0.4, 0.5) is 13.2 Å². The predicted molar refractivity (Wildman–Crippen MR) is 54.2 cm³/mol. The Balaban J connectivity index is 2.25. The normalized spacial score (nSPS) is 15.0. The average molecular weight is 275 g/mol. The molecule has 0 aromatic carbocycles. The van der Waals surface area contributed by atoms with Gasteiger partial charge in [-0.15, -0.1) is 5.10 Å². The number of carbonyl (C=O) groups is 2. The highest BCUT2D eigenvalue weighted by atomic mass is 19.4. The van der Waals surface area contributed by atoms with E-state index in [1.807, 2.05) is 0 Å². The van der Waals surface area contributed by atoms with E-state index in [4.69, 9.17) is 5.11 Å². The minimum atomic E-state index is -4.94. The van der Waals surface area contributed by atoms with Crippen LogP contribution in [0.5, 0.6) is 0 Å². The Labute approximate surface area is 104 Å². The maximum absolute atomic E-state index is 12.3. The van der Waals surface area contributed by atoms with Gasteiger partial charge in [0.15, 0.2) is 5.69 Å². The van der Waals surface area contributed by atoms with Crippen molar-refractivity contribution in [2.24, 2.45) is 0 Å².